The molecule has 28 heavy (non-hydrogen) atoms. The number of rotatable bonds is 5. The molecule has 0 bridgehead atoms. The van der Waals surface area contributed by atoms with Crippen molar-refractivity contribution >= 4 is 16.9 Å². The standard InChI is InChI=1S/C21H20N6O/c1-14(2)25-21(28)17-9-19(16-6-4-8-23-11-16)26-20-18(17)12-24-27(20)13-15-5-3-7-22-10-15/h3-12,14H,13H2,1-2H3,(H,25,28). The van der Waals surface area contributed by atoms with E-state index in [9.17, 15) is 4.79 Å². The van der Waals surface area contributed by atoms with Crippen molar-refractivity contribution in [2.45, 2.75) is 26.4 Å². The molecule has 1 N–H and O–H groups in total. The maximum absolute atomic E-state index is 12.8. The number of carbonyl (C=O) groups excluding carboxylic acids is 1. The first-order valence-electron chi connectivity index (χ1n) is 9.08. The van der Waals surface area contributed by atoms with Crippen molar-refractivity contribution in [2.24, 2.45) is 0 Å². The minimum absolute atomic E-state index is 0.0306. The van der Waals surface area contributed by atoms with Crippen molar-refractivity contribution < 1.29 is 4.79 Å². The van der Waals surface area contributed by atoms with Gasteiger partial charge in [-0.15, -0.1) is 0 Å². The van der Waals surface area contributed by atoms with E-state index in [-0.39, 0.29) is 11.9 Å². The Morgan fingerprint density at radius 2 is 1.89 bits per heavy atom. The van der Waals surface area contributed by atoms with Crippen LogP contribution in [0.3, 0.4) is 0 Å². The fraction of sp³-hybridized carbons (Fsp3) is 0.190. The number of carbonyl (C=O) groups is 1. The number of amides is 1. The van der Waals surface area contributed by atoms with Gasteiger partial charge in [0, 0.05) is 36.4 Å². The van der Waals surface area contributed by atoms with Crippen LogP contribution in [-0.4, -0.2) is 36.7 Å². The number of hydrogen-bond donors (Lipinski definition) is 1. The van der Waals surface area contributed by atoms with E-state index >= 15 is 0 Å². The highest BCUT2D eigenvalue weighted by molar-refractivity contribution is 6.06. The molecular formula is C21H20N6O. The van der Waals surface area contributed by atoms with Crippen molar-refractivity contribution in [1.82, 2.24) is 30.0 Å². The minimum atomic E-state index is -0.145. The van der Waals surface area contributed by atoms with E-state index in [2.05, 4.69) is 20.4 Å². The van der Waals surface area contributed by atoms with Crippen LogP contribution in [0.4, 0.5) is 0 Å². The molecule has 0 atom stereocenters. The molecule has 1 amide bonds. The fourth-order valence-corrected chi connectivity index (χ4v) is 3.02. The highest BCUT2D eigenvalue weighted by Gasteiger charge is 2.18. The Kier molecular flexibility index (Phi) is 4.80. The molecule has 0 aliphatic rings. The summed E-state index contributed by atoms with van der Waals surface area (Å²) < 4.78 is 1.79. The van der Waals surface area contributed by atoms with E-state index in [4.69, 9.17) is 4.98 Å². The molecule has 0 saturated heterocycles. The molecule has 7 heteroatoms. The molecule has 0 spiro atoms. The molecule has 0 aromatic carbocycles. The summed E-state index contributed by atoms with van der Waals surface area (Å²) in [6, 6.07) is 9.47. The molecule has 0 aliphatic carbocycles. The van der Waals surface area contributed by atoms with Gasteiger partial charge in [0.25, 0.3) is 5.91 Å². The second-order valence-corrected chi connectivity index (χ2v) is 6.83. The van der Waals surface area contributed by atoms with E-state index in [1.165, 1.54) is 0 Å². The number of nitrogens with one attached hydrogen (secondary N) is 1. The lowest BCUT2D eigenvalue weighted by Gasteiger charge is -2.11. The number of pyridine rings is 3. The molecule has 4 rings (SSSR count). The monoisotopic (exact) mass is 372 g/mol. The summed E-state index contributed by atoms with van der Waals surface area (Å²) >= 11 is 0. The van der Waals surface area contributed by atoms with Crippen LogP contribution in [0.25, 0.3) is 22.3 Å². The molecule has 7 nitrogen and oxygen atoms in total. The molecule has 0 saturated carbocycles. The van der Waals surface area contributed by atoms with Crippen LogP contribution in [0, 0.1) is 0 Å². The zero-order valence-electron chi connectivity index (χ0n) is 15.7. The van der Waals surface area contributed by atoms with Gasteiger partial charge in [0.1, 0.15) is 0 Å². The van der Waals surface area contributed by atoms with E-state index < -0.39 is 0 Å². The zero-order valence-corrected chi connectivity index (χ0v) is 15.7. The molecule has 0 fully saturated rings. The minimum Gasteiger partial charge on any atom is -0.350 e. The van der Waals surface area contributed by atoms with Gasteiger partial charge in [0.05, 0.1) is 29.4 Å². The molecular weight excluding hydrogens is 352 g/mol. The fourth-order valence-electron chi connectivity index (χ4n) is 3.02. The van der Waals surface area contributed by atoms with Gasteiger partial charge in [-0.25, -0.2) is 9.67 Å². The summed E-state index contributed by atoms with van der Waals surface area (Å²) in [5.74, 6) is -0.145. The maximum Gasteiger partial charge on any atom is 0.252 e. The summed E-state index contributed by atoms with van der Waals surface area (Å²) in [5.41, 5.74) is 3.74. The van der Waals surface area contributed by atoms with E-state index in [1.807, 2.05) is 38.1 Å². The highest BCUT2D eigenvalue weighted by atomic mass is 16.1. The molecule has 4 aromatic rings. The number of hydrogen-bond acceptors (Lipinski definition) is 5. The summed E-state index contributed by atoms with van der Waals surface area (Å²) in [7, 11) is 0. The van der Waals surface area contributed by atoms with Crippen molar-refractivity contribution in [2.75, 3.05) is 0 Å². The maximum atomic E-state index is 12.8. The van der Waals surface area contributed by atoms with Crippen molar-refractivity contribution in [3.63, 3.8) is 0 Å². The quantitative estimate of drug-likeness (QED) is 0.582. The molecule has 0 unspecified atom stereocenters. The lowest BCUT2D eigenvalue weighted by molar-refractivity contribution is 0.0944. The van der Waals surface area contributed by atoms with Gasteiger partial charge >= 0.3 is 0 Å². The average Bonchev–Trinajstić information content (AvgIpc) is 3.11. The van der Waals surface area contributed by atoms with Gasteiger partial charge < -0.3 is 5.32 Å². The smallest absolute Gasteiger partial charge is 0.252 e. The van der Waals surface area contributed by atoms with Gasteiger partial charge in [-0.2, -0.15) is 5.10 Å². The number of nitrogens with zero attached hydrogens (tertiary/aromatic N) is 5. The average molecular weight is 372 g/mol. The van der Waals surface area contributed by atoms with Crippen molar-refractivity contribution in [3.05, 3.63) is 72.4 Å². The second-order valence-electron chi connectivity index (χ2n) is 6.83. The van der Waals surface area contributed by atoms with Crippen molar-refractivity contribution in [3.8, 4) is 11.3 Å². The van der Waals surface area contributed by atoms with E-state index in [0.717, 1.165) is 16.5 Å². The second kappa shape index (κ2) is 7.56. The Labute approximate surface area is 162 Å². The predicted molar refractivity (Wildman–Crippen MR) is 107 cm³/mol. The zero-order chi connectivity index (χ0) is 19.5. The number of fused-ring (bicyclic) bond motifs is 1. The lowest BCUT2D eigenvalue weighted by Crippen LogP contribution is -2.30. The lowest BCUT2D eigenvalue weighted by atomic mass is 10.1. The van der Waals surface area contributed by atoms with Crippen LogP contribution in [0.15, 0.2) is 61.3 Å². The summed E-state index contributed by atoms with van der Waals surface area (Å²) in [5, 5.41) is 8.16. The van der Waals surface area contributed by atoms with Crippen LogP contribution >= 0.6 is 0 Å². The van der Waals surface area contributed by atoms with Gasteiger partial charge in [-0.05, 0) is 43.7 Å². The molecule has 0 radical (unpaired) electrons. The third-order valence-corrected chi connectivity index (χ3v) is 4.29. The number of aromatic nitrogens is 5. The molecule has 0 aliphatic heterocycles. The van der Waals surface area contributed by atoms with E-state index in [0.29, 0.717) is 23.4 Å². The Morgan fingerprint density at radius 1 is 1.11 bits per heavy atom. The molecule has 4 aromatic heterocycles. The normalized spacial score (nSPS) is 11.1. The van der Waals surface area contributed by atoms with Gasteiger partial charge in [0.15, 0.2) is 5.65 Å². The Bertz CT molecular complexity index is 1110. The van der Waals surface area contributed by atoms with Crippen molar-refractivity contribution in [1.29, 1.82) is 0 Å². The van der Waals surface area contributed by atoms with Gasteiger partial charge in [-0.3, -0.25) is 14.8 Å². The predicted octanol–water partition coefficient (Wildman–Crippen LogP) is 3.07. The van der Waals surface area contributed by atoms with Crippen LogP contribution in [0.5, 0.6) is 0 Å². The van der Waals surface area contributed by atoms with Gasteiger partial charge in [-0.1, -0.05) is 6.07 Å². The highest BCUT2D eigenvalue weighted by Crippen LogP contribution is 2.25. The largest absolute Gasteiger partial charge is 0.350 e. The summed E-state index contributed by atoms with van der Waals surface area (Å²) in [6.45, 7) is 4.39. The topological polar surface area (TPSA) is 85.6 Å². The van der Waals surface area contributed by atoms with Crippen LogP contribution in [-0.2, 0) is 6.54 Å². The van der Waals surface area contributed by atoms with Crippen LogP contribution in [0.1, 0.15) is 29.8 Å². The third kappa shape index (κ3) is 3.59. The summed E-state index contributed by atoms with van der Waals surface area (Å²) in [6.07, 6.45) is 8.67. The first-order chi connectivity index (χ1) is 13.6. The summed E-state index contributed by atoms with van der Waals surface area (Å²) in [4.78, 5) is 25.9. The van der Waals surface area contributed by atoms with Crippen LogP contribution < -0.4 is 5.32 Å². The Hall–Kier alpha value is -3.61. The van der Waals surface area contributed by atoms with Gasteiger partial charge in [0.2, 0.25) is 0 Å². The first-order valence-corrected chi connectivity index (χ1v) is 9.08. The molecule has 140 valence electrons. The Balaban J connectivity index is 1.86. The van der Waals surface area contributed by atoms with Crippen LogP contribution in [0.2, 0.25) is 0 Å². The van der Waals surface area contributed by atoms with E-state index in [1.54, 1.807) is 41.7 Å². The Morgan fingerprint density at radius 3 is 2.57 bits per heavy atom. The first kappa shape index (κ1) is 17.8. The third-order valence-electron chi connectivity index (χ3n) is 4.29. The SMILES string of the molecule is CC(C)NC(=O)c1cc(-c2cccnc2)nc2c1cnn2Cc1cccnc1. The molecule has 4 heterocycles.